The zero-order valence-electron chi connectivity index (χ0n) is 17.3. The van der Waals surface area contributed by atoms with Gasteiger partial charge in [0.1, 0.15) is 5.60 Å². The van der Waals surface area contributed by atoms with Gasteiger partial charge in [0.2, 0.25) is 0 Å². The lowest BCUT2D eigenvalue weighted by Gasteiger charge is -2.35. The summed E-state index contributed by atoms with van der Waals surface area (Å²) in [6.45, 7) is 10.2. The average Bonchev–Trinajstić information content (AvgIpc) is 2.92. The van der Waals surface area contributed by atoms with Crippen LogP contribution in [-0.4, -0.2) is 90.7 Å². The van der Waals surface area contributed by atoms with Crippen LogP contribution in [0.15, 0.2) is 24.3 Å². The van der Waals surface area contributed by atoms with E-state index >= 15 is 0 Å². The molecule has 1 fully saturated rings. The Balaban J connectivity index is 1.32. The summed E-state index contributed by atoms with van der Waals surface area (Å²) in [6, 6.07) is 6.86. The molecule has 8 heteroatoms. The number of amides is 3. The third-order valence-electron chi connectivity index (χ3n) is 4.91. The predicted octanol–water partition coefficient (Wildman–Crippen LogP) is 1.85. The first-order chi connectivity index (χ1) is 13.8. The Hall–Kier alpha value is -2.45. The van der Waals surface area contributed by atoms with Gasteiger partial charge < -0.3 is 14.4 Å². The summed E-state index contributed by atoms with van der Waals surface area (Å²) >= 11 is 0. The van der Waals surface area contributed by atoms with Crippen LogP contribution < -0.4 is 0 Å². The standard InChI is InChI=1S/C21H29N3O5/c1-21(2,3)29-20(27)23-10-8-22(9-11-23)12-14-28-15-13-24-18(25)16-6-4-5-7-17(16)19(24)26/h4-7H,8-15H2,1-3H3. The van der Waals surface area contributed by atoms with Crippen LogP contribution in [0.2, 0.25) is 0 Å². The molecule has 3 amide bonds. The number of fused-ring (bicyclic) bond motifs is 1. The number of hydrogen-bond donors (Lipinski definition) is 0. The molecule has 0 spiro atoms. The Labute approximate surface area is 171 Å². The van der Waals surface area contributed by atoms with Gasteiger partial charge in [0.15, 0.2) is 0 Å². The largest absolute Gasteiger partial charge is 0.444 e. The van der Waals surface area contributed by atoms with Gasteiger partial charge >= 0.3 is 6.09 Å². The first kappa shape index (κ1) is 21.3. The van der Waals surface area contributed by atoms with Crippen molar-refractivity contribution < 1.29 is 23.9 Å². The summed E-state index contributed by atoms with van der Waals surface area (Å²) in [6.07, 6.45) is -0.269. The van der Waals surface area contributed by atoms with Gasteiger partial charge in [0, 0.05) is 32.7 Å². The number of carbonyl (C=O) groups is 3. The van der Waals surface area contributed by atoms with Crippen LogP contribution in [0.1, 0.15) is 41.5 Å². The van der Waals surface area contributed by atoms with E-state index in [1.54, 1.807) is 29.2 Å². The smallest absolute Gasteiger partial charge is 0.410 e. The van der Waals surface area contributed by atoms with Crippen molar-refractivity contribution in [3.05, 3.63) is 35.4 Å². The van der Waals surface area contributed by atoms with Crippen molar-refractivity contribution in [2.24, 2.45) is 0 Å². The maximum absolute atomic E-state index is 12.3. The van der Waals surface area contributed by atoms with Gasteiger partial charge in [-0.3, -0.25) is 19.4 Å². The number of benzene rings is 1. The molecule has 0 radical (unpaired) electrons. The highest BCUT2D eigenvalue weighted by molar-refractivity contribution is 6.21. The fraction of sp³-hybridized carbons (Fsp3) is 0.571. The quantitative estimate of drug-likeness (QED) is 0.533. The second-order valence-electron chi connectivity index (χ2n) is 8.23. The normalized spacial score (nSPS) is 17.6. The lowest BCUT2D eigenvalue weighted by molar-refractivity contribution is 0.0109. The average molecular weight is 403 g/mol. The highest BCUT2D eigenvalue weighted by Crippen LogP contribution is 2.21. The van der Waals surface area contributed by atoms with Crippen molar-refractivity contribution in [2.45, 2.75) is 26.4 Å². The maximum atomic E-state index is 12.3. The van der Waals surface area contributed by atoms with E-state index in [0.29, 0.717) is 37.4 Å². The van der Waals surface area contributed by atoms with E-state index < -0.39 is 5.60 Å². The lowest BCUT2D eigenvalue weighted by Crippen LogP contribution is -2.50. The van der Waals surface area contributed by atoms with Gasteiger partial charge in [-0.15, -0.1) is 0 Å². The molecule has 1 aromatic carbocycles. The third-order valence-corrected chi connectivity index (χ3v) is 4.91. The second kappa shape index (κ2) is 8.92. The zero-order valence-corrected chi connectivity index (χ0v) is 17.3. The second-order valence-corrected chi connectivity index (χ2v) is 8.23. The molecular formula is C21H29N3O5. The van der Waals surface area contributed by atoms with Crippen LogP contribution in [0, 0.1) is 0 Å². The number of nitrogens with zero attached hydrogens (tertiary/aromatic N) is 3. The van der Waals surface area contributed by atoms with Crippen LogP contribution in [0.5, 0.6) is 0 Å². The maximum Gasteiger partial charge on any atom is 0.410 e. The molecule has 0 N–H and O–H groups in total. The molecule has 0 atom stereocenters. The Morgan fingerprint density at radius 3 is 2.03 bits per heavy atom. The molecule has 2 aliphatic rings. The van der Waals surface area contributed by atoms with E-state index in [4.69, 9.17) is 9.47 Å². The van der Waals surface area contributed by atoms with Gasteiger partial charge in [-0.1, -0.05) is 12.1 Å². The summed E-state index contributed by atoms with van der Waals surface area (Å²) in [4.78, 5) is 41.9. The van der Waals surface area contributed by atoms with Crippen LogP contribution in [0.25, 0.3) is 0 Å². The number of piperazine rings is 1. The van der Waals surface area contributed by atoms with Crippen molar-refractivity contribution in [1.29, 1.82) is 0 Å². The van der Waals surface area contributed by atoms with Crippen LogP contribution in [-0.2, 0) is 9.47 Å². The highest BCUT2D eigenvalue weighted by Gasteiger charge is 2.34. The van der Waals surface area contributed by atoms with Gasteiger partial charge in [-0.05, 0) is 32.9 Å². The van der Waals surface area contributed by atoms with Crippen molar-refractivity contribution in [2.75, 3.05) is 52.5 Å². The van der Waals surface area contributed by atoms with Gasteiger partial charge in [0.05, 0.1) is 30.9 Å². The summed E-state index contributed by atoms with van der Waals surface area (Å²) in [5.74, 6) is -0.514. The van der Waals surface area contributed by atoms with Gasteiger partial charge in [0.25, 0.3) is 11.8 Å². The molecule has 1 aromatic rings. The number of hydrogen-bond acceptors (Lipinski definition) is 6. The van der Waals surface area contributed by atoms with Crippen molar-refractivity contribution in [3.8, 4) is 0 Å². The SMILES string of the molecule is CC(C)(C)OC(=O)N1CCN(CCOCCN2C(=O)c3ccccc3C2=O)CC1. The molecule has 0 aliphatic carbocycles. The third kappa shape index (κ3) is 5.33. The van der Waals surface area contributed by atoms with E-state index in [0.717, 1.165) is 19.6 Å². The Kier molecular flexibility index (Phi) is 6.54. The van der Waals surface area contributed by atoms with Crippen molar-refractivity contribution >= 4 is 17.9 Å². The Morgan fingerprint density at radius 1 is 0.931 bits per heavy atom. The monoisotopic (exact) mass is 403 g/mol. The molecule has 158 valence electrons. The number of imide groups is 1. The molecule has 2 aliphatic heterocycles. The van der Waals surface area contributed by atoms with E-state index in [1.165, 1.54) is 4.90 Å². The summed E-state index contributed by atoms with van der Waals surface area (Å²) < 4.78 is 11.0. The molecule has 3 rings (SSSR count). The highest BCUT2D eigenvalue weighted by atomic mass is 16.6. The summed E-state index contributed by atoms with van der Waals surface area (Å²) in [5.41, 5.74) is 0.433. The first-order valence-corrected chi connectivity index (χ1v) is 9.99. The van der Waals surface area contributed by atoms with Crippen molar-refractivity contribution in [1.82, 2.24) is 14.7 Å². The minimum Gasteiger partial charge on any atom is -0.444 e. The Morgan fingerprint density at radius 2 is 1.48 bits per heavy atom. The zero-order chi connectivity index (χ0) is 21.0. The predicted molar refractivity (Wildman–Crippen MR) is 107 cm³/mol. The summed E-state index contributed by atoms with van der Waals surface area (Å²) in [7, 11) is 0. The minimum absolute atomic E-state index is 0.249. The summed E-state index contributed by atoms with van der Waals surface area (Å²) in [5, 5.41) is 0. The molecule has 2 heterocycles. The lowest BCUT2D eigenvalue weighted by atomic mass is 10.1. The molecule has 0 unspecified atom stereocenters. The molecule has 0 saturated carbocycles. The minimum atomic E-state index is -0.485. The number of carbonyl (C=O) groups excluding carboxylic acids is 3. The topological polar surface area (TPSA) is 79.4 Å². The fourth-order valence-corrected chi connectivity index (χ4v) is 3.37. The van der Waals surface area contributed by atoms with Crippen LogP contribution in [0.3, 0.4) is 0 Å². The molecule has 8 nitrogen and oxygen atoms in total. The van der Waals surface area contributed by atoms with E-state index in [-0.39, 0.29) is 24.5 Å². The molecule has 29 heavy (non-hydrogen) atoms. The molecular weight excluding hydrogens is 374 g/mol. The van der Waals surface area contributed by atoms with E-state index in [2.05, 4.69) is 4.90 Å². The van der Waals surface area contributed by atoms with E-state index in [9.17, 15) is 14.4 Å². The Bertz CT molecular complexity index is 731. The number of rotatable bonds is 6. The van der Waals surface area contributed by atoms with Gasteiger partial charge in [-0.25, -0.2) is 4.79 Å². The first-order valence-electron chi connectivity index (χ1n) is 9.99. The number of ether oxygens (including phenoxy) is 2. The molecule has 1 saturated heterocycles. The van der Waals surface area contributed by atoms with Crippen LogP contribution >= 0.6 is 0 Å². The van der Waals surface area contributed by atoms with Crippen molar-refractivity contribution in [3.63, 3.8) is 0 Å². The van der Waals surface area contributed by atoms with E-state index in [1.807, 2.05) is 20.8 Å². The van der Waals surface area contributed by atoms with Crippen LogP contribution in [0.4, 0.5) is 4.79 Å². The molecule has 0 aromatic heterocycles. The fourth-order valence-electron chi connectivity index (χ4n) is 3.37. The molecule has 0 bridgehead atoms. The van der Waals surface area contributed by atoms with Gasteiger partial charge in [-0.2, -0.15) is 0 Å².